The lowest BCUT2D eigenvalue weighted by molar-refractivity contribution is 0.669. The van der Waals surface area contributed by atoms with Gasteiger partial charge in [0.1, 0.15) is 22.3 Å². The summed E-state index contributed by atoms with van der Waals surface area (Å²) >= 11 is 0. The summed E-state index contributed by atoms with van der Waals surface area (Å²) in [5, 5.41) is 11.8. The molecule has 292 valence electrons. The maximum absolute atomic E-state index is 6.71. The molecule has 0 unspecified atom stereocenters. The normalized spacial score (nSPS) is 13.2. The van der Waals surface area contributed by atoms with Crippen molar-refractivity contribution < 1.29 is 8.83 Å². The van der Waals surface area contributed by atoms with Crippen molar-refractivity contribution in [3.8, 4) is 33.4 Å². The molecule has 0 aliphatic heterocycles. The summed E-state index contributed by atoms with van der Waals surface area (Å²) in [7, 11) is 0. The Kier molecular flexibility index (Phi) is 7.07. The average molecular weight is 801 g/mol. The fourth-order valence-corrected chi connectivity index (χ4v) is 11.0. The van der Waals surface area contributed by atoms with E-state index in [2.05, 4.69) is 218 Å². The molecule has 1 aliphatic rings. The lowest BCUT2D eigenvalue weighted by atomic mass is 9.66. The van der Waals surface area contributed by atoms with E-state index in [-0.39, 0.29) is 0 Å². The van der Waals surface area contributed by atoms with Gasteiger partial charge in [-0.1, -0.05) is 158 Å². The molecule has 0 radical (unpaired) electrons. The van der Waals surface area contributed by atoms with Crippen molar-refractivity contribution in [2.45, 2.75) is 5.41 Å². The van der Waals surface area contributed by atoms with E-state index >= 15 is 0 Å². The van der Waals surface area contributed by atoms with Crippen molar-refractivity contribution in [3.05, 3.63) is 241 Å². The van der Waals surface area contributed by atoms with Crippen molar-refractivity contribution in [1.29, 1.82) is 0 Å². The highest BCUT2D eigenvalue weighted by Crippen LogP contribution is 2.61. The van der Waals surface area contributed by atoms with Gasteiger partial charge in [0.25, 0.3) is 0 Å². The van der Waals surface area contributed by atoms with Gasteiger partial charge in [0.2, 0.25) is 0 Å². The van der Waals surface area contributed by atoms with E-state index in [1.807, 2.05) is 0 Å². The largest absolute Gasteiger partial charge is 0.456 e. The van der Waals surface area contributed by atoms with Crippen LogP contribution in [0.25, 0.3) is 110 Å². The number of rotatable bonds is 4. The standard InChI is InChI=1S/C61H36O2/c1-3-18-45(19-4-1)61(46-20-5-2-6-21-46)54-32-41(42-23-26-48-52-29-37-13-7-9-15-39(37)33-57(52)62-55(48)35-42)24-28-50(54)59-51(31-43-17-11-12-22-47(43)60(59)61)44-25-27-49-53-30-38-14-8-10-16-40(38)34-58(53)63-56(49)36-44/h1-36H. The maximum Gasteiger partial charge on any atom is 0.136 e. The van der Waals surface area contributed by atoms with Crippen LogP contribution in [0.2, 0.25) is 0 Å². The molecule has 0 bridgehead atoms. The van der Waals surface area contributed by atoms with Gasteiger partial charge >= 0.3 is 0 Å². The second-order valence-electron chi connectivity index (χ2n) is 17.2. The Morgan fingerprint density at radius 1 is 0.286 bits per heavy atom. The maximum atomic E-state index is 6.71. The van der Waals surface area contributed by atoms with E-state index < -0.39 is 5.41 Å². The number of fused-ring (bicyclic) bond motifs is 13. The van der Waals surface area contributed by atoms with Gasteiger partial charge in [-0.2, -0.15) is 0 Å². The first-order valence-corrected chi connectivity index (χ1v) is 21.7. The highest BCUT2D eigenvalue weighted by molar-refractivity contribution is 6.13. The smallest absolute Gasteiger partial charge is 0.136 e. The van der Waals surface area contributed by atoms with Crippen LogP contribution in [-0.4, -0.2) is 0 Å². The van der Waals surface area contributed by atoms with Crippen LogP contribution in [0.5, 0.6) is 0 Å². The lowest BCUT2D eigenvalue weighted by Gasteiger charge is -2.35. The minimum atomic E-state index is -0.633. The molecular formula is C61H36O2. The molecule has 2 heteroatoms. The predicted octanol–water partition coefficient (Wildman–Crippen LogP) is 16.6. The minimum absolute atomic E-state index is 0.633. The molecule has 0 N–H and O–H groups in total. The molecule has 2 nitrogen and oxygen atoms in total. The molecular weight excluding hydrogens is 765 g/mol. The van der Waals surface area contributed by atoms with Gasteiger partial charge in [-0.15, -0.1) is 0 Å². The highest BCUT2D eigenvalue weighted by atomic mass is 16.3. The van der Waals surface area contributed by atoms with E-state index in [4.69, 9.17) is 8.83 Å². The Balaban J connectivity index is 1.05. The molecule has 11 aromatic carbocycles. The summed E-state index contributed by atoms with van der Waals surface area (Å²) in [6.45, 7) is 0. The monoisotopic (exact) mass is 800 g/mol. The van der Waals surface area contributed by atoms with Crippen molar-refractivity contribution >= 4 is 76.2 Å². The van der Waals surface area contributed by atoms with Gasteiger partial charge in [-0.05, 0) is 149 Å². The summed E-state index contributed by atoms with van der Waals surface area (Å²) in [4.78, 5) is 0. The quantitative estimate of drug-likeness (QED) is 0.177. The van der Waals surface area contributed by atoms with E-state index in [0.717, 1.165) is 60.6 Å². The summed E-state index contributed by atoms with van der Waals surface area (Å²) in [5.74, 6) is 0. The molecule has 13 aromatic rings. The molecule has 0 saturated heterocycles. The molecule has 14 rings (SSSR count). The van der Waals surface area contributed by atoms with E-state index in [9.17, 15) is 0 Å². The van der Waals surface area contributed by atoms with Gasteiger partial charge in [-0.3, -0.25) is 0 Å². The molecule has 1 aliphatic carbocycles. The van der Waals surface area contributed by atoms with Gasteiger partial charge in [0.15, 0.2) is 0 Å². The van der Waals surface area contributed by atoms with Crippen molar-refractivity contribution in [3.63, 3.8) is 0 Å². The van der Waals surface area contributed by atoms with Crippen LogP contribution in [0.1, 0.15) is 22.3 Å². The van der Waals surface area contributed by atoms with Crippen LogP contribution in [0.15, 0.2) is 227 Å². The van der Waals surface area contributed by atoms with Crippen molar-refractivity contribution in [2.24, 2.45) is 0 Å². The fourth-order valence-electron chi connectivity index (χ4n) is 11.0. The number of furan rings is 2. The second kappa shape index (κ2) is 12.9. The first kappa shape index (κ1) is 34.5. The molecule has 0 saturated carbocycles. The van der Waals surface area contributed by atoms with Gasteiger partial charge in [0.05, 0.1) is 5.41 Å². The van der Waals surface area contributed by atoms with Crippen molar-refractivity contribution in [2.75, 3.05) is 0 Å². The minimum Gasteiger partial charge on any atom is -0.456 e. The highest BCUT2D eigenvalue weighted by Gasteiger charge is 2.48. The van der Waals surface area contributed by atoms with Gasteiger partial charge < -0.3 is 8.83 Å². The molecule has 0 fully saturated rings. The summed E-state index contributed by atoms with van der Waals surface area (Å²) in [6.07, 6.45) is 0. The topological polar surface area (TPSA) is 26.3 Å². The van der Waals surface area contributed by atoms with E-state index in [1.54, 1.807) is 0 Å². The zero-order chi connectivity index (χ0) is 41.2. The first-order chi connectivity index (χ1) is 31.2. The number of benzene rings is 11. The van der Waals surface area contributed by atoms with Crippen LogP contribution < -0.4 is 0 Å². The van der Waals surface area contributed by atoms with Crippen LogP contribution in [-0.2, 0) is 5.41 Å². The zero-order valence-electron chi connectivity index (χ0n) is 34.1. The number of hydrogen-bond donors (Lipinski definition) is 0. The van der Waals surface area contributed by atoms with Crippen LogP contribution in [0.3, 0.4) is 0 Å². The predicted molar refractivity (Wildman–Crippen MR) is 262 cm³/mol. The fraction of sp³-hybridized carbons (Fsp3) is 0.0164. The lowest BCUT2D eigenvalue weighted by Crippen LogP contribution is -2.29. The molecule has 2 heterocycles. The zero-order valence-corrected chi connectivity index (χ0v) is 34.1. The first-order valence-electron chi connectivity index (χ1n) is 21.7. The summed E-state index contributed by atoms with van der Waals surface area (Å²) < 4.78 is 13.3. The van der Waals surface area contributed by atoms with Crippen LogP contribution in [0.4, 0.5) is 0 Å². The Morgan fingerprint density at radius 3 is 1.35 bits per heavy atom. The molecule has 0 spiro atoms. The Bertz CT molecular complexity index is 3980. The second-order valence-corrected chi connectivity index (χ2v) is 17.2. The summed E-state index contributed by atoms with van der Waals surface area (Å²) in [6, 6.07) is 80.1. The number of hydrogen-bond acceptors (Lipinski definition) is 2. The van der Waals surface area contributed by atoms with Crippen molar-refractivity contribution in [1.82, 2.24) is 0 Å². The molecule has 0 amide bonds. The Hall–Kier alpha value is -8.20. The molecule has 0 atom stereocenters. The SMILES string of the molecule is c1ccc(C2(c3ccccc3)c3cc(-c4ccc5c(c4)oc4cc6ccccc6cc45)ccc3-c3c(-c4ccc5c(c4)oc4cc6ccccc6cc45)cc4ccccc4c32)cc1. The summed E-state index contributed by atoms with van der Waals surface area (Å²) in [5.41, 5.74) is 15.1. The van der Waals surface area contributed by atoms with Crippen LogP contribution >= 0.6 is 0 Å². The van der Waals surface area contributed by atoms with E-state index in [0.29, 0.717) is 0 Å². The molecule has 63 heavy (non-hydrogen) atoms. The average Bonchev–Trinajstić information content (AvgIpc) is 3.99. The van der Waals surface area contributed by atoms with Gasteiger partial charge in [0, 0.05) is 21.5 Å². The van der Waals surface area contributed by atoms with Gasteiger partial charge in [-0.25, -0.2) is 0 Å². The Labute approximate surface area is 362 Å². The third-order valence-electron chi connectivity index (χ3n) is 13.9. The Morgan fingerprint density at radius 2 is 0.746 bits per heavy atom. The molecule has 2 aromatic heterocycles. The third kappa shape index (κ3) is 4.89. The van der Waals surface area contributed by atoms with E-state index in [1.165, 1.54) is 71.3 Å². The van der Waals surface area contributed by atoms with Crippen LogP contribution in [0, 0.1) is 0 Å². The third-order valence-corrected chi connectivity index (χ3v) is 13.9.